The number of nitrogens with one attached hydrogen (secondary N) is 1. The van der Waals surface area contributed by atoms with Crippen molar-refractivity contribution in [1.29, 1.82) is 0 Å². The molecule has 1 heterocycles. The third kappa shape index (κ3) is 3.84. The van der Waals surface area contributed by atoms with Crippen LogP contribution in [0.4, 0.5) is 11.8 Å². The van der Waals surface area contributed by atoms with Gasteiger partial charge in [-0.25, -0.2) is 4.98 Å². The van der Waals surface area contributed by atoms with Crippen LogP contribution >= 0.6 is 11.6 Å². The number of hydrogen-bond acceptors (Lipinski definition) is 4. The molecule has 0 saturated carbocycles. The molecule has 0 unspecified atom stereocenters. The Balaban J connectivity index is 2.09. The number of aromatic nitrogens is 2. The SMILES string of the molecule is CCCNc1nccc(N(C)Cc2ccccc2Cl)n1. The second-order valence-corrected chi connectivity index (χ2v) is 5.02. The molecule has 0 radical (unpaired) electrons. The summed E-state index contributed by atoms with van der Waals surface area (Å²) in [5.74, 6) is 1.54. The van der Waals surface area contributed by atoms with Crippen molar-refractivity contribution in [2.75, 3.05) is 23.8 Å². The minimum atomic E-state index is 0.662. The van der Waals surface area contributed by atoms with E-state index in [1.165, 1.54) is 0 Å². The van der Waals surface area contributed by atoms with Crippen LogP contribution in [0.15, 0.2) is 36.5 Å². The molecule has 0 aliphatic rings. The van der Waals surface area contributed by atoms with Gasteiger partial charge in [0.25, 0.3) is 0 Å². The van der Waals surface area contributed by atoms with E-state index in [1.807, 2.05) is 37.4 Å². The van der Waals surface area contributed by atoms with Gasteiger partial charge >= 0.3 is 0 Å². The first-order chi connectivity index (χ1) is 9.70. The molecule has 2 rings (SSSR count). The van der Waals surface area contributed by atoms with Gasteiger partial charge in [-0.15, -0.1) is 0 Å². The lowest BCUT2D eigenvalue weighted by molar-refractivity contribution is 0.884. The van der Waals surface area contributed by atoms with Crippen molar-refractivity contribution in [2.45, 2.75) is 19.9 Å². The van der Waals surface area contributed by atoms with Crippen molar-refractivity contribution in [2.24, 2.45) is 0 Å². The molecule has 1 aromatic heterocycles. The zero-order valence-electron chi connectivity index (χ0n) is 11.8. The Hall–Kier alpha value is -1.81. The fourth-order valence-electron chi connectivity index (χ4n) is 1.85. The lowest BCUT2D eigenvalue weighted by Crippen LogP contribution is -2.18. The third-order valence-corrected chi connectivity index (χ3v) is 3.30. The molecule has 0 bridgehead atoms. The molecule has 0 aliphatic heterocycles. The largest absolute Gasteiger partial charge is 0.355 e. The van der Waals surface area contributed by atoms with Gasteiger partial charge in [-0.3, -0.25) is 0 Å². The topological polar surface area (TPSA) is 41.1 Å². The Morgan fingerprint density at radius 2 is 2.05 bits per heavy atom. The monoisotopic (exact) mass is 290 g/mol. The molecule has 2 aromatic rings. The van der Waals surface area contributed by atoms with Gasteiger partial charge < -0.3 is 10.2 Å². The second-order valence-electron chi connectivity index (χ2n) is 4.61. The molecule has 0 amide bonds. The highest BCUT2D eigenvalue weighted by Crippen LogP contribution is 2.19. The summed E-state index contributed by atoms with van der Waals surface area (Å²) in [6.07, 6.45) is 2.81. The van der Waals surface area contributed by atoms with Crippen LogP contribution in [-0.4, -0.2) is 23.6 Å². The summed E-state index contributed by atoms with van der Waals surface area (Å²) in [6, 6.07) is 9.75. The Morgan fingerprint density at radius 3 is 2.80 bits per heavy atom. The van der Waals surface area contributed by atoms with Gasteiger partial charge in [-0.05, 0) is 24.1 Å². The summed E-state index contributed by atoms with van der Waals surface area (Å²) < 4.78 is 0. The third-order valence-electron chi connectivity index (χ3n) is 2.93. The normalized spacial score (nSPS) is 10.3. The average Bonchev–Trinajstić information content (AvgIpc) is 2.48. The lowest BCUT2D eigenvalue weighted by Gasteiger charge is -2.19. The minimum Gasteiger partial charge on any atom is -0.355 e. The highest BCUT2D eigenvalue weighted by molar-refractivity contribution is 6.31. The predicted molar refractivity (Wildman–Crippen MR) is 84.4 cm³/mol. The molecule has 0 fully saturated rings. The van der Waals surface area contributed by atoms with Crippen LogP contribution in [0.1, 0.15) is 18.9 Å². The molecule has 0 saturated heterocycles. The van der Waals surface area contributed by atoms with Gasteiger partial charge in [0.05, 0.1) is 0 Å². The average molecular weight is 291 g/mol. The van der Waals surface area contributed by atoms with Crippen LogP contribution < -0.4 is 10.2 Å². The molecule has 0 spiro atoms. The first-order valence-corrected chi connectivity index (χ1v) is 7.10. The van der Waals surface area contributed by atoms with Gasteiger partial charge in [0.2, 0.25) is 5.95 Å². The smallest absolute Gasteiger partial charge is 0.224 e. The fraction of sp³-hybridized carbons (Fsp3) is 0.333. The van der Waals surface area contributed by atoms with Crippen LogP contribution in [0.5, 0.6) is 0 Å². The van der Waals surface area contributed by atoms with E-state index in [0.29, 0.717) is 12.5 Å². The van der Waals surface area contributed by atoms with E-state index in [0.717, 1.165) is 29.4 Å². The van der Waals surface area contributed by atoms with Crippen LogP contribution in [0.2, 0.25) is 5.02 Å². The maximum atomic E-state index is 6.18. The van der Waals surface area contributed by atoms with Crippen molar-refractivity contribution >= 4 is 23.4 Å². The quantitative estimate of drug-likeness (QED) is 0.883. The Labute approximate surface area is 124 Å². The van der Waals surface area contributed by atoms with Crippen molar-refractivity contribution in [3.05, 3.63) is 47.1 Å². The van der Waals surface area contributed by atoms with Gasteiger partial charge in [0, 0.05) is 31.4 Å². The molecule has 0 aliphatic carbocycles. The van der Waals surface area contributed by atoms with Crippen LogP contribution in [0, 0.1) is 0 Å². The first-order valence-electron chi connectivity index (χ1n) is 6.72. The molecule has 1 aromatic carbocycles. The van der Waals surface area contributed by atoms with Crippen molar-refractivity contribution in [3.8, 4) is 0 Å². The Kier molecular flexibility index (Phi) is 5.18. The van der Waals surface area contributed by atoms with Crippen molar-refractivity contribution in [1.82, 2.24) is 9.97 Å². The standard InChI is InChI=1S/C15H19ClN4/c1-3-9-17-15-18-10-8-14(19-15)20(2)11-12-6-4-5-7-13(12)16/h4-8,10H,3,9,11H2,1-2H3,(H,17,18,19). The molecule has 20 heavy (non-hydrogen) atoms. The molecule has 1 N–H and O–H groups in total. The lowest BCUT2D eigenvalue weighted by atomic mass is 10.2. The van der Waals surface area contributed by atoms with E-state index in [1.54, 1.807) is 6.20 Å². The second kappa shape index (κ2) is 7.10. The summed E-state index contributed by atoms with van der Waals surface area (Å²) in [6.45, 7) is 3.70. The highest BCUT2D eigenvalue weighted by atomic mass is 35.5. The molecule has 5 heteroatoms. The van der Waals surface area contributed by atoms with Crippen LogP contribution in [0.25, 0.3) is 0 Å². The zero-order chi connectivity index (χ0) is 14.4. The predicted octanol–water partition coefficient (Wildman–Crippen LogP) is 3.59. The molecular formula is C15H19ClN4. The minimum absolute atomic E-state index is 0.662. The van der Waals surface area contributed by atoms with E-state index in [-0.39, 0.29) is 0 Å². The van der Waals surface area contributed by atoms with Crippen molar-refractivity contribution in [3.63, 3.8) is 0 Å². The summed E-state index contributed by atoms with van der Waals surface area (Å²) in [7, 11) is 2.00. The zero-order valence-corrected chi connectivity index (χ0v) is 12.6. The molecule has 0 atom stereocenters. The number of hydrogen-bond donors (Lipinski definition) is 1. The summed E-state index contributed by atoms with van der Waals surface area (Å²) in [5, 5.41) is 3.97. The Morgan fingerprint density at radius 1 is 1.25 bits per heavy atom. The molecule has 4 nitrogen and oxygen atoms in total. The van der Waals surface area contributed by atoms with Gasteiger partial charge in [0.1, 0.15) is 5.82 Å². The van der Waals surface area contributed by atoms with Crippen LogP contribution in [0.3, 0.4) is 0 Å². The summed E-state index contributed by atoms with van der Waals surface area (Å²) >= 11 is 6.18. The molecule has 106 valence electrons. The number of rotatable bonds is 6. The van der Waals surface area contributed by atoms with Gasteiger partial charge in [-0.1, -0.05) is 36.7 Å². The van der Waals surface area contributed by atoms with E-state index >= 15 is 0 Å². The maximum absolute atomic E-state index is 6.18. The number of anilines is 2. The summed E-state index contributed by atoms with van der Waals surface area (Å²) in [5.41, 5.74) is 1.08. The first kappa shape index (κ1) is 14.6. The number of halogens is 1. The maximum Gasteiger partial charge on any atom is 0.224 e. The number of benzene rings is 1. The van der Waals surface area contributed by atoms with Gasteiger partial charge in [0.15, 0.2) is 0 Å². The van der Waals surface area contributed by atoms with E-state index in [4.69, 9.17) is 11.6 Å². The Bertz CT molecular complexity index is 559. The fourth-order valence-corrected chi connectivity index (χ4v) is 2.04. The van der Waals surface area contributed by atoms with Gasteiger partial charge in [-0.2, -0.15) is 4.98 Å². The van der Waals surface area contributed by atoms with E-state index in [9.17, 15) is 0 Å². The summed E-state index contributed by atoms with van der Waals surface area (Å²) in [4.78, 5) is 10.8. The van der Waals surface area contributed by atoms with E-state index < -0.39 is 0 Å². The van der Waals surface area contributed by atoms with Crippen LogP contribution in [-0.2, 0) is 6.54 Å². The number of nitrogens with zero attached hydrogens (tertiary/aromatic N) is 3. The molecular weight excluding hydrogens is 272 g/mol. The van der Waals surface area contributed by atoms with E-state index in [2.05, 4.69) is 27.1 Å². The highest BCUT2D eigenvalue weighted by Gasteiger charge is 2.07. The van der Waals surface area contributed by atoms with Crippen molar-refractivity contribution < 1.29 is 0 Å².